The van der Waals surface area contributed by atoms with Gasteiger partial charge in [-0.15, -0.1) is 0 Å². The van der Waals surface area contributed by atoms with Gasteiger partial charge in [-0.3, -0.25) is 4.98 Å². The molecule has 0 saturated carbocycles. The van der Waals surface area contributed by atoms with Gasteiger partial charge in [-0.05, 0) is 29.8 Å². The molecule has 7 nitrogen and oxygen atoms in total. The molecule has 0 N–H and O–H groups in total. The summed E-state index contributed by atoms with van der Waals surface area (Å²) in [6.45, 7) is -0.129. The number of hydrogen-bond donors (Lipinski definition) is 0. The standard InChI is InChI=1S/C15H12F3NO6S/c1-23-14(20)12-5-4-10(9-24-11-3-2-6-19-8-11)7-13(12)25-26(21,22)15(16,17)18/h2-8H,9H2,1H3. The van der Waals surface area contributed by atoms with E-state index in [9.17, 15) is 26.4 Å². The number of pyridine rings is 1. The van der Waals surface area contributed by atoms with Crippen molar-refractivity contribution >= 4 is 16.1 Å². The molecule has 0 atom stereocenters. The molecule has 0 amide bonds. The SMILES string of the molecule is COC(=O)c1ccc(COc2cccnc2)cc1OS(=O)(=O)C(F)(F)F. The van der Waals surface area contributed by atoms with Crippen LogP contribution in [0.3, 0.4) is 0 Å². The van der Waals surface area contributed by atoms with Crippen LogP contribution in [-0.4, -0.2) is 32.0 Å². The zero-order valence-corrected chi connectivity index (χ0v) is 14.0. The predicted octanol–water partition coefficient (Wildman–Crippen LogP) is 2.68. The molecule has 26 heavy (non-hydrogen) atoms. The molecule has 0 aliphatic rings. The number of halogens is 3. The number of methoxy groups -OCH3 is 1. The molecule has 11 heteroatoms. The summed E-state index contributed by atoms with van der Waals surface area (Å²) in [5.41, 5.74) is -5.87. The largest absolute Gasteiger partial charge is 0.534 e. The van der Waals surface area contributed by atoms with Crippen molar-refractivity contribution in [2.75, 3.05) is 7.11 Å². The van der Waals surface area contributed by atoms with E-state index < -0.39 is 32.9 Å². The van der Waals surface area contributed by atoms with Gasteiger partial charge in [-0.2, -0.15) is 21.6 Å². The average molecular weight is 391 g/mol. The average Bonchev–Trinajstić information content (AvgIpc) is 2.59. The maximum Gasteiger partial charge on any atom is 0.534 e. The molecular weight excluding hydrogens is 379 g/mol. The molecule has 1 aromatic heterocycles. The third-order valence-electron chi connectivity index (χ3n) is 2.97. The smallest absolute Gasteiger partial charge is 0.487 e. The minimum atomic E-state index is -5.96. The zero-order valence-electron chi connectivity index (χ0n) is 13.2. The van der Waals surface area contributed by atoms with Crippen LogP contribution in [0.2, 0.25) is 0 Å². The molecule has 140 valence electrons. The summed E-state index contributed by atoms with van der Waals surface area (Å²) < 4.78 is 74.0. The van der Waals surface area contributed by atoms with Gasteiger partial charge < -0.3 is 13.7 Å². The molecule has 0 aliphatic carbocycles. The fourth-order valence-electron chi connectivity index (χ4n) is 1.77. The van der Waals surface area contributed by atoms with E-state index in [2.05, 4.69) is 13.9 Å². The van der Waals surface area contributed by atoms with Crippen LogP contribution in [0.5, 0.6) is 11.5 Å². The first-order chi connectivity index (χ1) is 12.1. The van der Waals surface area contributed by atoms with Crippen molar-refractivity contribution in [3.8, 4) is 11.5 Å². The number of esters is 1. The lowest BCUT2D eigenvalue weighted by atomic mass is 10.1. The van der Waals surface area contributed by atoms with Crippen LogP contribution in [-0.2, 0) is 21.5 Å². The molecular formula is C15H12F3NO6S. The zero-order chi connectivity index (χ0) is 19.4. The van der Waals surface area contributed by atoms with Crippen molar-refractivity contribution in [2.45, 2.75) is 12.1 Å². The van der Waals surface area contributed by atoms with E-state index >= 15 is 0 Å². The third kappa shape index (κ3) is 4.63. The second-order valence-corrected chi connectivity index (χ2v) is 6.32. The molecule has 0 spiro atoms. The Balaban J connectivity index is 2.32. The van der Waals surface area contributed by atoms with Gasteiger partial charge in [0.05, 0.1) is 13.3 Å². The molecule has 2 rings (SSSR count). The van der Waals surface area contributed by atoms with Crippen molar-refractivity contribution in [3.63, 3.8) is 0 Å². The summed E-state index contributed by atoms with van der Waals surface area (Å²) in [7, 11) is -4.97. The molecule has 0 unspecified atom stereocenters. The van der Waals surface area contributed by atoms with Gasteiger partial charge >= 0.3 is 21.6 Å². The van der Waals surface area contributed by atoms with E-state index in [0.717, 1.165) is 19.2 Å². The first-order valence-corrected chi connectivity index (χ1v) is 8.29. The molecule has 0 aliphatic heterocycles. The highest BCUT2D eigenvalue weighted by Gasteiger charge is 2.49. The van der Waals surface area contributed by atoms with Crippen LogP contribution in [0.15, 0.2) is 42.7 Å². The van der Waals surface area contributed by atoms with Crippen LogP contribution < -0.4 is 8.92 Å². The minimum Gasteiger partial charge on any atom is -0.487 e. The summed E-state index contributed by atoms with van der Waals surface area (Å²) in [5, 5.41) is 0. The van der Waals surface area contributed by atoms with Crippen LogP contribution in [0.1, 0.15) is 15.9 Å². The number of benzene rings is 1. The number of hydrogen-bond acceptors (Lipinski definition) is 7. The third-order valence-corrected chi connectivity index (χ3v) is 3.94. The van der Waals surface area contributed by atoms with Crippen molar-refractivity contribution < 1.29 is 40.0 Å². The highest BCUT2D eigenvalue weighted by atomic mass is 32.2. The van der Waals surface area contributed by atoms with Crippen molar-refractivity contribution in [2.24, 2.45) is 0 Å². The van der Waals surface area contributed by atoms with E-state index in [0.29, 0.717) is 5.75 Å². The van der Waals surface area contributed by atoms with E-state index in [1.165, 1.54) is 18.5 Å². The summed E-state index contributed by atoms with van der Waals surface area (Å²) in [6, 6.07) is 6.60. The normalized spacial score (nSPS) is 11.7. The summed E-state index contributed by atoms with van der Waals surface area (Å²) in [6.07, 6.45) is 2.93. The summed E-state index contributed by atoms with van der Waals surface area (Å²) in [5.74, 6) is -1.49. The van der Waals surface area contributed by atoms with E-state index in [1.807, 2.05) is 0 Å². The predicted molar refractivity (Wildman–Crippen MR) is 82.0 cm³/mol. The Morgan fingerprint density at radius 3 is 2.54 bits per heavy atom. The maximum absolute atomic E-state index is 12.5. The number of carbonyl (C=O) groups is 1. The Morgan fingerprint density at radius 1 is 1.23 bits per heavy atom. The van der Waals surface area contributed by atoms with Crippen molar-refractivity contribution in [1.82, 2.24) is 4.98 Å². The first-order valence-electron chi connectivity index (χ1n) is 6.89. The Labute approximate surface area is 146 Å². The fraction of sp³-hybridized carbons (Fsp3) is 0.200. The molecule has 0 bridgehead atoms. The van der Waals surface area contributed by atoms with Gasteiger partial charge in [0, 0.05) is 6.20 Å². The van der Waals surface area contributed by atoms with Gasteiger partial charge in [0.2, 0.25) is 0 Å². The number of ether oxygens (including phenoxy) is 2. The lowest BCUT2D eigenvalue weighted by molar-refractivity contribution is -0.0500. The molecule has 1 heterocycles. The van der Waals surface area contributed by atoms with Crippen molar-refractivity contribution in [1.29, 1.82) is 0 Å². The first kappa shape index (κ1) is 19.5. The van der Waals surface area contributed by atoms with Crippen LogP contribution in [0.4, 0.5) is 13.2 Å². The molecule has 1 aromatic carbocycles. The molecule has 2 aromatic rings. The topological polar surface area (TPSA) is 91.8 Å². The second-order valence-electron chi connectivity index (χ2n) is 4.78. The van der Waals surface area contributed by atoms with E-state index in [-0.39, 0.29) is 12.2 Å². The number of rotatable bonds is 6. The molecule has 0 fully saturated rings. The van der Waals surface area contributed by atoms with Gasteiger partial charge in [-0.25, -0.2) is 4.79 Å². The molecule has 0 saturated heterocycles. The monoisotopic (exact) mass is 391 g/mol. The van der Waals surface area contributed by atoms with Crippen LogP contribution in [0.25, 0.3) is 0 Å². The quantitative estimate of drug-likeness (QED) is 0.425. The van der Waals surface area contributed by atoms with E-state index in [4.69, 9.17) is 4.74 Å². The second kappa shape index (κ2) is 7.60. The number of alkyl halides is 3. The van der Waals surface area contributed by atoms with Crippen molar-refractivity contribution in [3.05, 3.63) is 53.9 Å². The van der Waals surface area contributed by atoms with Gasteiger partial charge in [0.1, 0.15) is 17.9 Å². The van der Waals surface area contributed by atoms with Gasteiger partial charge in [0.25, 0.3) is 0 Å². The highest BCUT2D eigenvalue weighted by Crippen LogP contribution is 2.30. The summed E-state index contributed by atoms with van der Waals surface area (Å²) >= 11 is 0. The Bertz CT molecular complexity index is 884. The maximum atomic E-state index is 12.5. The number of aromatic nitrogens is 1. The minimum absolute atomic E-state index is 0.129. The highest BCUT2D eigenvalue weighted by molar-refractivity contribution is 7.88. The number of carbonyl (C=O) groups excluding carboxylic acids is 1. The lowest BCUT2D eigenvalue weighted by Gasteiger charge is -2.13. The van der Waals surface area contributed by atoms with Crippen LogP contribution in [0, 0.1) is 0 Å². The van der Waals surface area contributed by atoms with Gasteiger partial charge in [0.15, 0.2) is 5.75 Å². The Morgan fingerprint density at radius 2 is 1.96 bits per heavy atom. The lowest BCUT2D eigenvalue weighted by Crippen LogP contribution is -2.28. The van der Waals surface area contributed by atoms with Crippen LogP contribution >= 0.6 is 0 Å². The Kier molecular flexibility index (Phi) is 5.70. The Hall–Kier alpha value is -2.82. The molecule has 0 radical (unpaired) electrons. The number of nitrogens with zero attached hydrogens (tertiary/aromatic N) is 1. The van der Waals surface area contributed by atoms with E-state index in [1.54, 1.807) is 12.1 Å². The summed E-state index contributed by atoms with van der Waals surface area (Å²) in [4.78, 5) is 15.5. The van der Waals surface area contributed by atoms with Gasteiger partial charge in [-0.1, -0.05) is 6.07 Å². The fourth-order valence-corrected chi connectivity index (χ4v) is 2.24.